The first-order valence-corrected chi connectivity index (χ1v) is 5.88. The Morgan fingerprint density at radius 1 is 1.15 bits per heavy atom. The van der Waals surface area contributed by atoms with Crippen LogP contribution in [-0.2, 0) is 0 Å². The van der Waals surface area contributed by atoms with E-state index in [0.29, 0.717) is 17.0 Å². The maximum Gasteiger partial charge on any atom is 0.395 e. The maximum absolute atomic E-state index is 11.1. The van der Waals surface area contributed by atoms with E-state index in [1.165, 1.54) is 7.11 Å². The second kappa shape index (κ2) is 6.33. The van der Waals surface area contributed by atoms with Crippen molar-refractivity contribution in [2.24, 2.45) is 5.10 Å². The van der Waals surface area contributed by atoms with E-state index in [1.54, 1.807) is 36.4 Å². The zero-order valence-electron chi connectivity index (χ0n) is 10.8. The lowest BCUT2D eigenvalue weighted by atomic mass is 10.2. The third kappa shape index (κ3) is 3.32. The van der Waals surface area contributed by atoms with Crippen molar-refractivity contribution in [3.8, 4) is 5.75 Å². The Kier molecular flexibility index (Phi) is 4.28. The summed E-state index contributed by atoms with van der Waals surface area (Å²) in [6.07, 6.45) is 0. The van der Waals surface area contributed by atoms with Crippen LogP contribution in [0.1, 0.15) is 5.56 Å². The van der Waals surface area contributed by atoms with Gasteiger partial charge in [0.15, 0.2) is 0 Å². The molecule has 20 heavy (non-hydrogen) atoms. The molecule has 2 aromatic rings. The third-order valence-corrected chi connectivity index (χ3v) is 2.59. The largest absolute Gasteiger partial charge is 0.497 e. The minimum atomic E-state index is -0.530. The molecule has 0 aliphatic carbocycles. The van der Waals surface area contributed by atoms with Gasteiger partial charge in [-0.1, -0.05) is 18.2 Å². The number of amidine groups is 1. The lowest BCUT2D eigenvalue weighted by Crippen LogP contribution is -2.15. The Bertz CT molecular complexity index is 609. The molecule has 0 aromatic heterocycles. The molecule has 0 heterocycles. The summed E-state index contributed by atoms with van der Waals surface area (Å²) in [5, 5.41) is 14.9. The van der Waals surface area contributed by atoms with E-state index < -0.39 is 4.92 Å². The first-order chi connectivity index (χ1) is 9.70. The zero-order valence-corrected chi connectivity index (χ0v) is 10.8. The lowest BCUT2D eigenvalue weighted by Gasteiger charge is -2.01. The molecule has 0 radical (unpaired) electrons. The molecular weight excluding hydrogens is 258 g/mol. The number of nitrogens with zero attached hydrogens (tertiary/aromatic N) is 2. The SMILES string of the molecule is COc1ccc(/C(=N/Nc2ccccc2)[N+](=O)[O-])cc1. The summed E-state index contributed by atoms with van der Waals surface area (Å²) in [6.45, 7) is 0. The molecule has 0 spiro atoms. The first kappa shape index (κ1) is 13.5. The molecule has 0 aliphatic rings. The van der Waals surface area contributed by atoms with Gasteiger partial charge in [0.1, 0.15) is 5.75 Å². The van der Waals surface area contributed by atoms with Crippen molar-refractivity contribution >= 4 is 11.5 Å². The van der Waals surface area contributed by atoms with Gasteiger partial charge in [0.2, 0.25) is 0 Å². The molecule has 0 amide bonds. The van der Waals surface area contributed by atoms with E-state index in [9.17, 15) is 10.1 Å². The summed E-state index contributed by atoms with van der Waals surface area (Å²) >= 11 is 0. The summed E-state index contributed by atoms with van der Waals surface area (Å²) in [7, 11) is 1.54. The van der Waals surface area contributed by atoms with E-state index in [1.807, 2.05) is 18.2 Å². The van der Waals surface area contributed by atoms with Gasteiger partial charge in [-0.25, -0.2) is 0 Å². The smallest absolute Gasteiger partial charge is 0.395 e. The number of benzene rings is 2. The van der Waals surface area contributed by atoms with Crippen LogP contribution in [0, 0.1) is 10.1 Å². The summed E-state index contributed by atoms with van der Waals surface area (Å²) in [4.78, 5) is 10.5. The second-order valence-electron chi connectivity index (χ2n) is 3.90. The minimum absolute atomic E-state index is 0.253. The highest BCUT2D eigenvalue weighted by molar-refractivity contribution is 5.93. The molecule has 2 aromatic carbocycles. The molecule has 0 saturated heterocycles. The topological polar surface area (TPSA) is 76.8 Å². The molecule has 0 bridgehead atoms. The van der Waals surface area contributed by atoms with Crippen LogP contribution >= 0.6 is 0 Å². The monoisotopic (exact) mass is 271 g/mol. The number of para-hydroxylation sites is 1. The molecule has 0 unspecified atom stereocenters. The highest BCUT2D eigenvalue weighted by Crippen LogP contribution is 2.13. The summed E-state index contributed by atoms with van der Waals surface area (Å²) in [5.74, 6) is 0.379. The van der Waals surface area contributed by atoms with Crippen LogP contribution in [0.3, 0.4) is 0 Å². The Balaban J connectivity index is 2.24. The van der Waals surface area contributed by atoms with Crippen LogP contribution in [0.15, 0.2) is 59.7 Å². The Hall–Kier alpha value is -2.89. The number of ether oxygens (including phenoxy) is 1. The third-order valence-electron chi connectivity index (χ3n) is 2.59. The maximum atomic E-state index is 11.1. The van der Waals surface area contributed by atoms with Gasteiger partial charge in [-0.15, -0.1) is 0 Å². The number of hydrogen-bond acceptors (Lipinski definition) is 5. The number of hydrazone groups is 1. The predicted octanol–water partition coefficient (Wildman–Crippen LogP) is 2.75. The summed E-state index contributed by atoms with van der Waals surface area (Å²) in [6, 6.07) is 15.5. The molecule has 6 heteroatoms. The average Bonchev–Trinajstić information content (AvgIpc) is 2.49. The highest BCUT2D eigenvalue weighted by Gasteiger charge is 2.16. The van der Waals surface area contributed by atoms with Crippen LogP contribution in [0.5, 0.6) is 5.75 Å². The molecule has 2 rings (SSSR count). The predicted molar refractivity (Wildman–Crippen MR) is 76.6 cm³/mol. The van der Waals surface area contributed by atoms with Crippen LogP contribution in [0.2, 0.25) is 0 Å². The molecule has 102 valence electrons. The van der Waals surface area contributed by atoms with Crippen molar-refractivity contribution in [2.45, 2.75) is 0 Å². The summed E-state index contributed by atoms with van der Waals surface area (Å²) < 4.78 is 5.01. The van der Waals surface area contributed by atoms with Crippen molar-refractivity contribution in [3.05, 3.63) is 70.3 Å². The van der Waals surface area contributed by atoms with Gasteiger partial charge < -0.3 is 14.9 Å². The molecule has 6 nitrogen and oxygen atoms in total. The van der Waals surface area contributed by atoms with Crippen molar-refractivity contribution in [3.63, 3.8) is 0 Å². The lowest BCUT2D eigenvalue weighted by molar-refractivity contribution is -0.349. The van der Waals surface area contributed by atoms with Crippen LogP contribution in [0.25, 0.3) is 0 Å². The molecule has 0 aliphatic heterocycles. The molecule has 0 atom stereocenters. The number of nitrogens with one attached hydrogen (secondary N) is 1. The number of hydrogen-bond donors (Lipinski definition) is 1. The Morgan fingerprint density at radius 3 is 2.35 bits per heavy atom. The van der Waals surface area contributed by atoms with Crippen molar-refractivity contribution in [1.82, 2.24) is 0 Å². The van der Waals surface area contributed by atoms with E-state index in [-0.39, 0.29) is 5.84 Å². The fourth-order valence-electron chi connectivity index (χ4n) is 1.58. The molecule has 0 fully saturated rings. The van der Waals surface area contributed by atoms with Crippen LogP contribution in [-0.4, -0.2) is 17.9 Å². The van der Waals surface area contributed by atoms with Gasteiger partial charge in [0.25, 0.3) is 0 Å². The standard InChI is InChI=1S/C14H13N3O3/c1-20-13-9-7-11(8-10-13)14(17(18)19)16-15-12-5-3-2-4-6-12/h2-10,15H,1H3/b16-14-. The quantitative estimate of drug-likeness (QED) is 0.401. The van der Waals surface area contributed by atoms with E-state index in [4.69, 9.17) is 4.74 Å². The fourth-order valence-corrected chi connectivity index (χ4v) is 1.58. The van der Waals surface area contributed by atoms with Crippen LogP contribution < -0.4 is 10.2 Å². The molecule has 1 N–H and O–H groups in total. The van der Waals surface area contributed by atoms with Gasteiger partial charge in [-0.05, 0) is 41.3 Å². The second-order valence-corrected chi connectivity index (χ2v) is 3.90. The number of anilines is 1. The highest BCUT2D eigenvalue weighted by atomic mass is 16.6. The van der Waals surface area contributed by atoms with Crippen molar-refractivity contribution < 1.29 is 9.66 Å². The average molecular weight is 271 g/mol. The number of rotatable bonds is 4. The van der Waals surface area contributed by atoms with Gasteiger partial charge in [0.05, 0.1) is 23.5 Å². The normalized spacial score (nSPS) is 10.9. The van der Waals surface area contributed by atoms with Gasteiger partial charge in [-0.3, -0.25) is 0 Å². The number of methoxy groups -OCH3 is 1. The number of nitro groups is 1. The molecular formula is C14H13N3O3. The van der Waals surface area contributed by atoms with Crippen molar-refractivity contribution in [1.29, 1.82) is 0 Å². The molecule has 0 saturated carbocycles. The van der Waals surface area contributed by atoms with Gasteiger partial charge in [-0.2, -0.15) is 5.43 Å². The fraction of sp³-hybridized carbons (Fsp3) is 0.0714. The summed E-state index contributed by atoms with van der Waals surface area (Å²) in [5.41, 5.74) is 3.75. The first-order valence-electron chi connectivity index (χ1n) is 5.88. The zero-order chi connectivity index (χ0) is 14.4. The van der Waals surface area contributed by atoms with E-state index in [0.717, 1.165) is 0 Å². The van der Waals surface area contributed by atoms with E-state index >= 15 is 0 Å². The van der Waals surface area contributed by atoms with E-state index in [2.05, 4.69) is 10.5 Å². The van der Waals surface area contributed by atoms with Crippen molar-refractivity contribution in [2.75, 3.05) is 12.5 Å². The Labute approximate surface area is 115 Å². The van der Waals surface area contributed by atoms with Gasteiger partial charge in [0, 0.05) is 0 Å². The minimum Gasteiger partial charge on any atom is -0.497 e. The van der Waals surface area contributed by atoms with Crippen LogP contribution in [0.4, 0.5) is 5.69 Å². The van der Waals surface area contributed by atoms with Gasteiger partial charge >= 0.3 is 5.84 Å². The Morgan fingerprint density at radius 2 is 1.80 bits per heavy atom.